The minimum atomic E-state index is -0.280. The lowest BCUT2D eigenvalue weighted by molar-refractivity contribution is 0.209. The van der Waals surface area contributed by atoms with Crippen molar-refractivity contribution in [2.45, 2.75) is 20.3 Å². The monoisotopic (exact) mass is 251 g/mol. The second-order valence-electron chi connectivity index (χ2n) is 4.37. The summed E-state index contributed by atoms with van der Waals surface area (Å²) in [6.45, 7) is 4.67. The molecular weight excluding hydrogens is 230 g/mol. The highest BCUT2D eigenvalue weighted by atomic mass is 16.5. The summed E-state index contributed by atoms with van der Waals surface area (Å²) in [4.78, 5) is 12.8. The summed E-state index contributed by atoms with van der Waals surface area (Å²) in [6, 6.07) is 3.84. The molecule has 3 N–H and O–H groups in total. The molecule has 0 bridgehead atoms. The highest BCUT2D eigenvalue weighted by Crippen LogP contribution is 2.22. The summed E-state index contributed by atoms with van der Waals surface area (Å²) in [5.74, 6) is 5.97. The topological polar surface area (TPSA) is 67.6 Å². The highest BCUT2D eigenvalue weighted by molar-refractivity contribution is 5.73. The molecule has 0 saturated heterocycles. The van der Waals surface area contributed by atoms with E-state index in [1.54, 1.807) is 19.1 Å². The number of nitrogens with two attached hydrogens (primary N) is 1. The maximum absolute atomic E-state index is 11.3. The van der Waals surface area contributed by atoms with Crippen LogP contribution in [0.25, 0.3) is 0 Å². The quantitative estimate of drug-likeness (QED) is 0.482. The summed E-state index contributed by atoms with van der Waals surface area (Å²) < 4.78 is 5.27. The van der Waals surface area contributed by atoms with Crippen LogP contribution in [0.4, 0.5) is 4.79 Å². The molecule has 0 atom stereocenters. The van der Waals surface area contributed by atoms with E-state index in [4.69, 9.17) is 10.6 Å². The summed E-state index contributed by atoms with van der Waals surface area (Å²) in [5.41, 5.74) is 5.59. The molecule has 1 rings (SSSR count). The number of rotatable bonds is 4. The van der Waals surface area contributed by atoms with Gasteiger partial charge in [0.05, 0.1) is 7.11 Å². The molecule has 18 heavy (non-hydrogen) atoms. The van der Waals surface area contributed by atoms with Crippen LogP contribution in [0.3, 0.4) is 0 Å². The molecule has 0 heterocycles. The Balaban J connectivity index is 2.74. The maximum Gasteiger partial charge on any atom is 0.331 e. The first kappa shape index (κ1) is 14.3. The van der Waals surface area contributed by atoms with E-state index >= 15 is 0 Å². The molecule has 1 aromatic rings. The molecule has 0 aliphatic rings. The molecular formula is C13H21N3O2. The van der Waals surface area contributed by atoms with Crippen molar-refractivity contribution in [3.05, 3.63) is 28.8 Å². The summed E-state index contributed by atoms with van der Waals surface area (Å²) in [6.07, 6.45) is 0.792. The number of nitrogens with one attached hydrogen (secondary N) is 1. The Kier molecular flexibility index (Phi) is 4.97. The van der Waals surface area contributed by atoms with Gasteiger partial charge in [-0.3, -0.25) is 5.43 Å². The predicted octanol–water partition coefficient (Wildman–Crippen LogP) is 1.37. The highest BCUT2D eigenvalue weighted by Gasteiger charge is 2.09. The SMILES string of the molecule is COc1cc(C)c(CCN(C)C(=O)NN)cc1C. The maximum atomic E-state index is 11.3. The zero-order valence-electron chi connectivity index (χ0n) is 11.4. The zero-order chi connectivity index (χ0) is 13.7. The van der Waals surface area contributed by atoms with Crippen LogP contribution in [0, 0.1) is 13.8 Å². The second-order valence-corrected chi connectivity index (χ2v) is 4.37. The van der Waals surface area contributed by atoms with Gasteiger partial charge in [-0.25, -0.2) is 10.6 Å². The number of urea groups is 1. The van der Waals surface area contributed by atoms with Gasteiger partial charge in [-0.1, -0.05) is 6.07 Å². The average molecular weight is 251 g/mol. The van der Waals surface area contributed by atoms with E-state index in [1.807, 2.05) is 19.9 Å². The number of ether oxygens (including phenoxy) is 1. The third kappa shape index (κ3) is 3.37. The van der Waals surface area contributed by atoms with E-state index in [-0.39, 0.29) is 6.03 Å². The third-order valence-corrected chi connectivity index (χ3v) is 3.04. The molecule has 2 amide bonds. The first-order valence-electron chi connectivity index (χ1n) is 5.85. The van der Waals surface area contributed by atoms with Crippen molar-refractivity contribution in [3.63, 3.8) is 0 Å². The minimum Gasteiger partial charge on any atom is -0.496 e. The standard InChI is InChI=1S/C13H21N3O2/c1-9-8-12(18-4)10(2)7-11(9)5-6-16(3)13(17)15-14/h7-8H,5-6,14H2,1-4H3,(H,15,17). The van der Waals surface area contributed by atoms with Gasteiger partial charge < -0.3 is 9.64 Å². The first-order chi connectivity index (χ1) is 8.49. The largest absolute Gasteiger partial charge is 0.496 e. The Morgan fingerprint density at radius 1 is 1.39 bits per heavy atom. The van der Waals surface area contributed by atoms with Gasteiger partial charge in [-0.2, -0.15) is 0 Å². The van der Waals surface area contributed by atoms with Crippen molar-refractivity contribution in [2.75, 3.05) is 20.7 Å². The van der Waals surface area contributed by atoms with Crippen LogP contribution < -0.4 is 16.0 Å². The molecule has 0 fully saturated rings. The van der Waals surface area contributed by atoms with Crippen LogP contribution in [0.1, 0.15) is 16.7 Å². The molecule has 0 spiro atoms. The van der Waals surface area contributed by atoms with Crippen LogP contribution in [0.5, 0.6) is 5.75 Å². The fourth-order valence-corrected chi connectivity index (χ4v) is 1.84. The van der Waals surface area contributed by atoms with Gasteiger partial charge in [0.2, 0.25) is 0 Å². The Bertz CT molecular complexity index is 432. The van der Waals surface area contributed by atoms with Gasteiger partial charge in [0.15, 0.2) is 0 Å². The third-order valence-electron chi connectivity index (χ3n) is 3.04. The minimum absolute atomic E-state index is 0.280. The van der Waals surface area contributed by atoms with Crippen LogP contribution in [0.15, 0.2) is 12.1 Å². The van der Waals surface area contributed by atoms with Crippen molar-refractivity contribution in [1.82, 2.24) is 10.3 Å². The molecule has 5 nitrogen and oxygen atoms in total. The molecule has 0 aliphatic carbocycles. The number of carbonyl (C=O) groups excluding carboxylic acids is 1. The Hall–Kier alpha value is -1.75. The number of carbonyl (C=O) groups is 1. The molecule has 0 saturated carbocycles. The zero-order valence-corrected chi connectivity index (χ0v) is 11.4. The van der Waals surface area contributed by atoms with E-state index < -0.39 is 0 Å². The predicted molar refractivity (Wildman–Crippen MR) is 71.5 cm³/mol. The van der Waals surface area contributed by atoms with E-state index in [0.717, 1.165) is 17.7 Å². The molecule has 0 aliphatic heterocycles. The van der Waals surface area contributed by atoms with Crippen LogP contribution in [-0.2, 0) is 6.42 Å². The number of benzene rings is 1. The van der Waals surface area contributed by atoms with Gasteiger partial charge in [0.1, 0.15) is 5.75 Å². The van der Waals surface area contributed by atoms with E-state index in [9.17, 15) is 4.79 Å². The van der Waals surface area contributed by atoms with Gasteiger partial charge in [0, 0.05) is 13.6 Å². The molecule has 1 aromatic carbocycles. The summed E-state index contributed by atoms with van der Waals surface area (Å²) >= 11 is 0. The van der Waals surface area contributed by atoms with Crippen LogP contribution >= 0.6 is 0 Å². The van der Waals surface area contributed by atoms with Gasteiger partial charge in [-0.05, 0) is 43.0 Å². The number of hydrogen-bond acceptors (Lipinski definition) is 3. The Labute approximate surface area is 108 Å². The number of likely N-dealkylation sites (N-methyl/N-ethyl adjacent to an activating group) is 1. The van der Waals surface area contributed by atoms with E-state index in [1.165, 1.54) is 11.1 Å². The van der Waals surface area contributed by atoms with E-state index in [2.05, 4.69) is 11.5 Å². The number of hydrazine groups is 1. The Morgan fingerprint density at radius 2 is 2.06 bits per heavy atom. The van der Waals surface area contributed by atoms with Gasteiger partial charge in [-0.15, -0.1) is 0 Å². The van der Waals surface area contributed by atoms with Crippen molar-refractivity contribution in [2.24, 2.45) is 5.84 Å². The lowest BCUT2D eigenvalue weighted by Gasteiger charge is -2.17. The molecule has 0 aromatic heterocycles. The lowest BCUT2D eigenvalue weighted by Crippen LogP contribution is -2.42. The smallest absolute Gasteiger partial charge is 0.331 e. The van der Waals surface area contributed by atoms with Crippen molar-refractivity contribution >= 4 is 6.03 Å². The number of amides is 2. The number of methoxy groups -OCH3 is 1. The fraction of sp³-hybridized carbons (Fsp3) is 0.462. The average Bonchev–Trinajstić information content (AvgIpc) is 2.37. The van der Waals surface area contributed by atoms with Gasteiger partial charge >= 0.3 is 6.03 Å². The van der Waals surface area contributed by atoms with Crippen LogP contribution in [0.2, 0.25) is 0 Å². The first-order valence-corrected chi connectivity index (χ1v) is 5.85. The number of hydrogen-bond donors (Lipinski definition) is 2. The lowest BCUT2D eigenvalue weighted by atomic mass is 10.0. The summed E-state index contributed by atoms with van der Waals surface area (Å²) in [7, 11) is 3.38. The van der Waals surface area contributed by atoms with Crippen LogP contribution in [-0.4, -0.2) is 31.6 Å². The molecule has 100 valence electrons. The summed E-state index contributed by atoms with van der Waals surface area (Å²) in [5, 5.41) is 0. The Morgan fingerprint density at radius 3 is 2.61 bits per heavy atom. The number of nitrogens with zero attached hydrogens (tertiary/aromatic N) is 1. The van der Waals surface area contributed by atoms with Crippen molar-refractivity contribution in [1.29, 1.82) is 0 Å². The van der Waals surface area contributed by atoms with E-state index in [0.29, 0.717) is 6.54 Å². The fourth-order valence-electron chi connectivity index (χ4n) is 1.84. The van der Waals surface area contributed by atoms with Crippen molar-refractivity contribution < 1.29 is 9.53 Å². The van der Waals surface area contributed by atoms with Crippen molar-refractivity contribution in [3.8, 4) is 5.75 Å². The molecule has 5 heteroatoms. The number of aryl methyl sites for hydroxylation is 2. The molecule has 0 radical (unpaired) electrons. The second kappa shape index (κ2) is 6.26. The van der Waals surface area contributed by atoms with Gasteiger partial charge in [0.25, 0.3) is 0 Å². The normalized spacial score (nSPS) is 10.1. The molecule has 0 unspecified atom stereocenters.